The summed E-state index contributed by atoms with van der Waals surface area (Å²) in [5.41, 5.74) is 7.25. The molecule has 0 radical (unpaired) electrons. The summed E-state index contributed by atoms with van der Waals surface area (Å²) in [5.74, 6) is 0.141. The van der Waals surface area contributed by atoms with Gasteiger partial charge in [0.1, 0.15) is 0 Å². The Morgan fingerprint density at radius 3 is 2.24 bits per heavy atom. The maximum absolute atomic E-state index is 11.9. The summed E-state index contributed by atoms with van der Waals surface area (Å²) in [6, 6.07) is 7.31. The van der Waals surface area contributed by atoms with Crippen LogP contribution in [0.2, 0.25) is 0 Å². The zero-order valence-electron chi connectivity index (χ0n) is 10.4. The van der Waals surface area contributed by atoms with Crippen LogP contribution in [0.25, 0.3) is 0 Å². The van der Waals surface area contributed by atoms with Crippen LogP contribution in [0, 0.1) is 0 Å². The summed E-state index contributed by atoms with van der Waals surface area (Å²) >= 11 is 0. The van der Waals surface area contributed by atoms with Crippen molar-refractivity contribution in [2.45, 2.75) is 26.8 Å². The molecule has 0 spiro atoms. The van der Waals surface area contributed by atoms with Crippen LogP contribution in [0.15, 0.2) is 24.3 Å². The Kier molecular flexibility index (Phi) is 4.96. The molecule has 0 fully saturated rings. The lowest BCUT2D eigenvalue weighted by molar-refractivity contribution is 0.406. The van der Waals surface area contributed by atoms with Crippen molar-refractivity contribution in [3.05, 3.63) is 29.8 Å². The maximum Gasteiger partial charge on any atom is 0.214 e. The van der Waals surface area contributed by atoms with E-state index in [1.807, 2.05) is 19.1 Å². The van der Waals surface area contributed by atoms with Crippen LogP contribution in [0.3, 0.4) is 0 Å². The quantitative estimate of drug-likeness (QED) is 0.790. The van der Waals surface area contributed by atoms with Gasteiger partial charge in [-0.25, -0.2) is 8.42 Å². The highest BCUT2D eigenvalue weighted by molar-refractivity contribution is 7.89. The molecule has 0 heterocycles. The summed E-state index contributed by atoms with van der Waals surface area (Å²) < 4.78 is 25.3. The molecule has 0 amide bonds. The van der Waals surface area contributed by atoms with E-state index in [0.29, 0.717) is 18.8 Å². The van der Waals surface area contributed by atoms with Gasteiger partial charge in [-0.3, -0.25) is 0 Å². The molecular weight excluding hydrogens is 236 g/mol. The maximum atomic E-state index is 11.9. The normalized spacial score (nSPS) is 11.9. The fourth-order valence-corrected chi connectivity index (χ4v) is 2.75. The van der Waals surface area contributed by atoms with Crippen LogP contribution in [-0.4, -0.2) is 25.0 Å². The summed E-state index contributed by atoms with van der Waals surface area (Å²) in [6.45, 7) is 4.62. The van der Waals surface area contributed by atoms with E-state index in [1.165, 1.54) is 4.31 Å². The van der Waals surface area contributed by atoms with Gasteiger partial charge in [-0.15, -0.1) is 0 Å². The second-order valence-corrected chi connectivity index (χ2v) is 6.23. The molecule has 1 aromatic carbocycles. The fourth-order valence-electron chi connectivity index (χ4n) is 1.58. The Morgan fingerprint density at radius 2 is 1.76 bits per heavy atom. The molecule has 0 saturated carbocycles. The average Bonchev–Trinajstić information content (AvgIpc) is 2.31. The second-order valence-electron chi connectivity index (χ2n) is 3.98. The van der Waals surface area contributed by atoms with Crippen molar-refractivity contribution in [1.29, 1.82) is 0 Å². The van der Waals surface area contributed by atoms with E-state index in [1.54, 1.807) is 19.1 Å². The number of rotatable bonds is 6. The van der Waals surface area contributed by atoms with Gasteiger partial charge in [0, 0.05) is 18.8 Å². The molecule has 0 saturated heterocycles. The standard InChI is InChI=1S/C12H20N2O2S/c1-3-9-14(17(15,16)4-2)10-11-5-7-12(13)8-6-11/h5-8H,3-4,9-10,13H2,1-2H3. The van der Waals surface area contributed by atoms with Crippen molar-refractivity contribution in [2.24, 2.45) is 0 Å². The van der Waals surface area contributed by atoms with Gasteiger partial charge in [-0.2, -0.15) is 4.31 Å². The first-order chi connectivity index (χ1) is 7.99. The Labute approximate surface area is 103 Å². The van der Waals surface area contributed by atoms with Crippen LogP contribution in [0.1, 0.15) is 25.8 Å². The van der Waals surface area contributed by atoms with E-state index in [9.17, 15) is 8.42 Å². The number of nitrogens with zero attached hydrogens (tertiary/aromatic N) is 1. The van der Waals surface area contributed by atoms with E-state index in [2.05, 4.69) is 0 Å². The largest absolute Gasteiger partial charge is 0.399 e. The minimum atomic E-state index is -3.13. The van der Waals surface area contributed by atoms with Crippen molar-refractivity contribution in [3.8, 4) is 0 Å². The number of nitrogens with two attached hydrogens (primary N) is 1. The van der Waals surface area contributed by atoms with Gasteiger partial charge >= 0.3 is 0 Å². The summed E-state index contributed by atoms with van der Waals surface area (Å²) in [4.78, 5) is 0. The average molecular weight is 256 g/mol. The molecular formula is C12H20N2O2S. The Balaban J connectivity index is 2.84. The Bertz CT molecular complexity index is 440. The van der Waals surface area contributed by atoms with Crippen molar-refractivity contribution in [2.75, 3.05) is 18.0 Å². The number of anilines is 1. The molecule has 0 aliphatic rings. The van der Waals surface area contributed by atoms with Gasteiger partial charge in [0.25, 0.3) is 0 Å². The molecule has 2 N–H and O–H groups in total. The second kappa shape index (κ2) is 6.02. The monoisotopic (exact) mass is 256 g/mol. The molecule has 0 aromatic heterocycles. The van der Waals surface area contributed by atoms with Gasteiger partial charge < -0.3 is 5.73 Å². The van der Waals surface area contributed by atoms with E-state index < -0.39 is 10.0 Å². The molecule has 1 rings (SSSR count). The van der Waals surface area contributed by atoms with Gasteiger partial charge in [-0.1, -0.05) is 19.1 Å². The van der Waals surface area contributed by atoms with Gasteiger partial charge in [0.05, 0.1) is 5.75 Å². The molecule has 96 valence electrons. The molecule has 0 aliphatic carbocycles. The van der Waals surface area contributed by atoms with Crippen LogP contribution in [0.4, 0.5) is 5.69 Å². The fraction of sp³-hybridized carbons (Fsp3) is 0.500. The van der Waals surface area contributed by atoms with Crippen molar-refractivity contribution in [3.63, 3.8) is 0 Å². The first kappa shape index (κ1) is 14.0. The Hall–Kier alpha value is -1.07. The minimum absolute atomic E-state index is 0.141. The molecule has 4 nitrogen and oxygen atoms in total. The van der Waals surface area contributed by atoms with E-state index in [4.69, 9.17) is 5.73 Å². The first-order valence-corrected chi connectivity index (χ1v) is 7.42. The summed E-state index contributed by atoms with van der Waals surface area (Å²) in [6.07, 6.45) is 0.814. The SMILES string of the molecule is CCCN(Cc1ccc(N)cc1)S(=O)(=O)CC. The third kappa shape index (κ3) is 4.02. The lowest BCUT2D eigenvalue weighted by Gasteiger charge is -2.20. The highest BCUT2D eigenvalue weighted by atomic mass is 32.2. The predicted octanol–water partition coefficient (Wildman–Crippen LogP) is 1.83. The highest BCUT2D eigenvalue weighted by Gasteiger charge is 2.18. The summed E-state index contributed by atoms with van der Waals surface area (Å²) in [7, 11) is -3.13. The van der Waals surface area contributed by atoms with Crippen LogP contribution in [0.5, 0.6) is 0 Å². The van der Waals surface area contributed by atoms with E-state index in [0.717, 1.165) is 12.0 Å². The number of benzene rings is 1. The summed E-state index contributed by atoms with van der Waals surface area (Å²) in [5, 5.41) is 0. The molecule has 1 aromatic rings. The predicted molar refractivity (Wildman–Crippen MR) is 71.0 cm³/mol. The zero-order valence-corrected chi connectivity index (χ0v) is 11.2. The minimum Gasteiger partial charge on any atom is -0.399 e. The number of hydrogen-bond acceptors (Lipinski definition) is 3. The molecule has 0 unspecified atom stereocenters. The topological polar surface area (TPSA) is 63.4 Å². The molecule has 0 bridgehead atoms. The van der Waals surface area contributed by atoms with Crippen molar-refractivity contribution >= 4 is 15.7 Å². The van der Waals surface area contributed by atoms with E-state index in [-0.39, 0.29) is 5.75 Å². The third-order valence-corrected chi connectivity index (χ3v) is 4.40. The van der Waals surface area contributed by atoms with Gasteiger partial charge in [0.2, 0.25) is 10.0 Å². The number of nitrogen functional groups attached to an aromatic ring is 1. The van der Waals surface area contributed by atoms with Crippen molar-refractivity contribution in [1.82, 2.24) is 4.31 Å². The van der Waals surface area contributed by atoms with Gasteiger partial charge in [-0.05, 0) is 31.0 Å². The van der Waals surface area contributed by atoms with Crippen LogP contribution >= 0.6 is 0 Å². The van der Waals surface area contributed by atoms with Crippen LogP contribution in [-0.2, 0) is 16.6 Å². The Morgan fingerprint density at radius 1 is 1.18 bits per heavy atom. The number of sulfonamides is 1. The number of hydrogen-bond donors (Lipinski definition) is 1. The first-order valence-electron chi connectivity index (χ1n) is 5.81. The molecule has 0 aliphatic heterocycles. The lowest BCUT2D eigenvalue weighted by Crippen LogP contribution is -2.32. The van der Waals surface area contributed by atoms with E-state index >= 15 is 0 Å². The third-order valence-electron chi connectivity index (χ3n) is 2.57. The molecule has 5 heteroatoms. The lowest BCUT2D eigenvalue weighted by atomic mass is 10.2. The van der Waals surface area contributed by atoms with Crippen molar-refractivity contribution < 1.29 is 8.42 Å². The van der Waals surface area contributed by atoms with Crippen LogP contribution < -0.4 is 5.73 Å². The van der Waals surface area contributed by atoms with Gasteiger partial charge in [0.15, 0.2) is 0 Å². The smallest absolute Gasteiger partial charge is 0.214 e. The zero-order chi connectivity index (χ0) is 12.9. The molecule has 0 atom stereocenters. The highest BCUT2D eigenvalue weighted by Crippen LogP contribution is 2.12. The molecule has 17 heavy (non-hydrogen) atoms.